The highest BCUT2D eigenvalue weighted by atomic mass is 79.9. The fourth-order valence-corrected chi connectivity index (χ4v) is 2.46. The van der Waals surface area contributed by atoms with Gasteiger partial charge >= 0.3 is 0 Å². The lowest BCUT2D eigenvalue weighted by atomic mass is 10.2. The molecule has 0 saturated carbocycles. The van der Waals surface area contributed by atoms with E-state index in [9.17, 15) is 0 Å². The van der Waals surface area contributed by atoms with Gasteiger partial charge in [-0.05, 0) is 34.1 Å². The lowest BCUT2D eigenvalue weighted by Gasteiger charge is -2.10. The Hall–Kier alpha value is -0.390. The summed E-state index contributed by atoms with van der Waals surface area (Å²) in [5.74, 6) is 1.52. The van der Waals surface area contributed by atoms with E-state index in [2.05, 4.69) is 52.8 Å². The highest BCUT2D eigenvalue weighted by Crippen LogP contribution is 2.30. The van der Waals surface area contributed by atoms with E-state index in [0.29, 0.717) is 5.75 Å². The second-order valence-corrected chi connectivity index (χ2v) is 5.72. The Morgan fingerprint density at radius 1 is 1.06 bits per heavy atom. The first-order chi connectivity index (χ1) is 8.19. The van der Waals surface area contributed by atoms with Crippen molar-refractivity contribution >= 4 is 47.8 Å². The molecular weight excluding hydrogens is 414 g/mol. The Morgan fingerprint density at radius 2 is 1.88 bits per heavy atom. The summed E-state index contributed by atoms with van der Waals surface area (Å²) in [6, 6.07) is 7.83. The molecule has 0 aliphatic rings. The fourth-order valence-electron chi connectivity index (χ4n) is 1.31. The summed E-state index contributed by atoms with van der Waals surface area (Å²) >= 11 is 10.2. The number of ether oxygens (including phenoxy) is 1. The third-order valence-corrected chi connectivity index (χ3v) is 3.61. The van der Waals surface area contributed by atoms with Gasteiger partial charge in [0, 0.05) is 26.0 Å². The van der Waals surface area contributed by atoms with Gasteiger partial charge < -0.3 is 4.74 Å². The Bertz CT molecular complexity index is 531. The molecule has 0 radical (unpaired) electrons. The van der Waals surface area contributed by atoms with Crippen LogP contribution in [0.4, 0.5) is 0 Å². The van der Waals surface area contributed by atoms with Crippen LogP contribution in [0.5, 0.6) is 11.5 Å². The van der Waals surface area contributed by atoms with E-state index >= 15 is 0 Å². The standard InChI is InChI=1S/C12H8Br3NO/c13-5-8-1-2-9(14)4-12(8)17-11-3-10(15)6-16-7-11/h1-4,6-7H,5H2. The summed E-state index contributed by atoms with van der Waals surface area (Å²) in [7, 11) is 0. The lowest BCUT2D eigenvalue weighted by molar-refractivity contribution is 0.475. The maximum Gasteiger partial charge on any atom is 0.146 e. The number of alkyl halides is 1. The van der Waals surface area contributed by atoms with Crippen LogP contribution in [0.3, 0.4) is 0 Å². The minimum atomic E-state index is 0.708. The van der Waals surface area contributed by atoms with Gasteiger partial charge in [-0.3, -0.25) is 4.98 Å². The van der Waals surface area contributed by atoms with Gasteiger partial charge in [-0.1, -0.05) is 37.9 Å². The maximum absolute atomic E-state index is 5.81. The lowest BCUT2D eigenvalue weighted by Crippen LogP contribution is -1.90. The molecule has 17 heavy (non-hydrogen) atoms. The van der Waals surface area contributed by atoms with Gasteiger partial charge in [-0.2, -0.15) is 0 Å². The average Bonchev–Trinajstić information content (AvgIpc) is 2.29. The molecule has 0 bridgehead atoms. The molecule has 0 spiro atoms. The van der Waals surface area contributed by atoms with Crippen LogP contribution < -0.4 is 4.74 Å². The number of halogens is 3. The van der Waals surface area contributed by atoms with Crippen molar-refractivity contribution in [1.29, 1.82) is 0 Å². The molecule has 2 nitrogen and oxygen atoms in total. The smallest absolute Gasteiger partial charge is 0.146 e. The first kappa shape index (κ1) is 13.1. The fraction of sp³-hybridized carbons (Fsp3) is 0.0833. The summed E-state index contributed by atoms with van der Waals surface area (Å²) < 4.78 is 7.69. The van der Waals surface area contributed by atoms with E-state index in [1.54, 1.807) is 12.4 Å². The summed E-state index contributed by atoms with van der Waals surface area (Å²) in [6.45, 7) is 0. The number of pyridine rings is 1. The molecule has 1 aromatic heterocycles. The van der Waals surface area contributed by atoms with Crippen LogP contribution in [0.25, 0.3) is 0 Å². The number of hydrogen-bond acceptors (Lipinski definition) is 2. The second-order valence-electron chi connectivity index (χ2n) is 3.33. The molecule has 0 atom stereocenters. The van der Waals surface area contributed by atoms with E-state index in [-0.39, 0.29) is 0 Å². The summed E-state index contributed by atoms with van der Waals surface area (Å²) in [5.41, 5.74) is 1.09. The Labute approximate surface area is 125 Å². The highest BCUT2D eigenvalue weighted by molar-refractivity contribution is 9.10. The third kappa shape index (κ3) is 3.53. The Morgan fingerprint density at radius 3 is 2.59 bits per heavy atom. The number of aromatic nitrogens is 1. The van der Waals surface area contributed by atoms with Crippen molar-refractivity contribution < 1.29 is 4.74 Å². The zero-order valence-electron chi connectivity index (χ0n) is 8.66. The minimum Gasteiger partial charge on any atom is -0.455 e. The van der Waals surface area contributed by atoms with Crippen LogP contribution >= 0.6 is 47.8 Å². The number of nitrogens with zero attached hydrogens (tertiary/aromatic N) is 1. The zero-order valence-corrected chi connectivity index (χ0v) is 13.4. The van der Waals surface area contributed by atoms with E-state index < -0.39 is 0 Å². The summed E-state index contributed by atoms with van der Waals surface area (Å²) in [4.78, 5) is 4.06. The van der Waals surface area contributed by atoms with Gasteiger partial charge in [0.2, 0.25) is 0 Å². The molecule has 0 fully saturated rings. The molecule has 0 aliphatic heterocycles. The van der Waals surface area contributed by atoms with Gasteiger partial charge in [-0.15, -0.1) is 0 Å². The van der Waals surface area contributed by atoms with Crippen LogP contribution in [0.1, 0.15) is 5.56 Å². The molecule has 2 rings (SSSR count). The highest BCUT2D eigenvalue weighted by Gasteiger charge is 2.05. The van der Waals surface area contributed by atoms with Gasteiger partial charge in [0.1, 0.15) is 11.5 Å². The molecule has 5 heteroatoms. The monoisotopic (exact) mass is 419 g/mol. The van der Waals surface area contributed by atoms with Gasteiger partial charge in [0.05, 0.1) is 6.20 Å². The van der Waals surface area contributed by atoms with Crippen LogP contribution in [0.2, 0.25) is 0 Å². The molecular formula is C12H8Br3NO. The van der Waals surface area contributed by atoms with E-state index in [0.717, 1.165) is 25.6 Å². The van der Waals surface area contributed by atoms with Crippen molar-refractivity contribution in [2.45, 2.75) is 5.33 Å². The van der Waals surface area contributed by atoms with Crippen molar-refractivity contribution in [2.24, 2.45) is 0 Å². The Kier molecular flexibility index (Phi) is 4.59. The largest absolute Gasteiger partial charge is 0.455 e. The number of benzene rings is 1. The average molecular weight is 422 g/mol. The molecule has 0 N–H and O–H groups in total. The molecule has 0 amide bonds. The summed E-state index contributed by atoms with van der Waals surface area (Å²) in [5, 5.41) is 0.747. The van der Waals surface area contributed by atoms with Crippen LogP contribution in [0.15, 0.2) is 45.6 Å². The van der Waals surface area contributed by atoms with Gasteiger partial charge in [-0.25, -0.2) is 0 Å². The molecule has 1 aromatic carbocycles. The minimum absolute atomic E-state index is 0.708. The van der Waals surface area contributed by atoms with Crippen LogP contribution in [0, 0.1) is 0 Å². The van der Waals surface area contributed by atoms with Gasteiger partial charge in [0.15, 0.2) is 0 Å². The molecule has 0 aliphatic carbocycles. The van der Waals surface area contributed by atoms with E-state index in [1.807, 2.05) is 24.3 Å². The zero-order chi connectivity index (χ0) is 12.3. The Balaban J connectivity index is 2.32. The van der Waals surface area contributed by atoms with Crippen molar-refractivity contribution in [3.63, 3.8) is 0 Å². The number of hydrogen-bond donors (Lipinski definition) is 0. The van der Waals surface area contributed by atoms with Crippen molar-refractivity contribution in [2.75, 3.05) is 0 Å². The van der Waals surface area contributed by atoms with Gasteiger partial charge in [0.25, 0.3) is 0 Å². The SMILES string of the molecule is BrCc1ccc(Br)cc1Oc1cncc(Br)c1. The molecule has 0 saturated heterocycles. The molecule has 0 unspecified atom stereocenters. The normalized spacial score (nSPS) is 10.3. The maximum atomic E-state index is 5.81. The van der Waals surface area contributed by atoms with Crippen molar-refractivity contribution in [3.05, 3.63) is 51.2 Å². The van der Waals surface area contributed by atoms with Crippen LogP contribution in [-0.2, 0) is 5.33 Å². The molecule has 88 valence electrons. The first-order valence-corrected chi connectivity index (χ1v) is 7.52. The van der Waals surface area contributed by atoms with Crippen LogP contribution in [-0.4, -0.2) is 4.98 Å². The summed E-state index contributed by atoms with van der Waals surface area (Å²) in [6.07, 6.45) is 3.41. The predicted octanol–water partition coefficient (Wildman–Crippen LogP) is 5.29. The first-order valence-electron chi connectivity index (χ1n) is 4.82. The quantitative estimate of drug-likeness (QED) is 0.628. The van der Waals surface area contributed by atoms with E-state index in [1.165, 1.54) is 0 Å². The van der Waals surface area contributed by atoms with Crippen molar-refractivity contribution in [3.8, 4) is 11.5 Å². The molecule has 1 heterocycles. The topological polar surface area (TPSA) is 22.1 Å². The molecule has 2 aromatic rings. The predicted molar refractivity (Wildman–Crippen MR) is 78.8 cm³/mol. The number of rotatable bonds is 3. The second kappa shape index (κ2) is 5.98. The van der Waals surface area contributed by atoms with E-state index in [4.69, 9.17) is 4.74 Å². The van der Waals surface area contributed by atoms with Crippen molar-refractivity contribution in [1.82, 2.24) is 4.98 Å². The third-order valence-electron chi connectivity index (χ3n) is 2.08.